The van der Waals surface area contributed by atoms with E-state index < -0.39 is 11.9 Å². The minimum absolute atomic E-state index is 0.0398. The van der Waals surface area contributed by atoms with E-state index in [2.05, 4.69) is 0 Å². The number of ether oxygens (including phenoxy) is 1. The lowest BCUT2D eigenvalue weighted by Crippen LogP contribution is -2.10. The van der Waals surface area contributed by atoms with Gasteiger partial charge in [-0.25, -0.2) is 4.79 Å². The Balaban J connectivity index is 2.14. The van der Waals surface area contributed by atoms with Gasteiger partial charge < -0.3 is 21.3 Å². The average molecular weight is 286 g/mol. The molecule has 0 unspecified atom stereocenters. The number of carbonyl (C=O) groups is 2. The number of rotatable bonds is 5. The number of primary amides is 1. The largest absolute Gasteiger partial charge is 0.488 e. The van der Waals surface area contributed by atoms with Crippen LogP contribution in [0, 0.1) is 0 Å². The standard InChI is InChI=1S/C15H14N2O4/c16-11-5-6-12(15(19)20)13(7-11)21-8-9-1-3-10(4-2-9)14(17)18/h1-7H,8,16H2,(H2,17,18)(H,19,20). The number of amides is 1. The molecule has 0 radical (unpaired) electrons. The van der Waals surface area contributed by atoms with Gasteiger partial charge in [0.2, 0.25) is 5.91 Å². The summed E-state index contributed by atoms with van der Waals surface area (Å²) >= 11 is 0. The molecule has 0 aliphatic heterocycles. The number of carbonyl (C=O) groups excluding carboxylic acids is 1. The zero-order valence-electron chi connectivity index (χ0n) is 11.1. The van der Waals surface area contributed by atoms with E-state index in [1.807, 2.05) is 0 Å². The summed E-state index contributed by atoms with van der Waals surface area (Å²) in [6.45, 7) is 0.156. The highest BCUT2D eigenvalue weighted by atomic mass is 16.5. The molecule has 0 aliphatic carbocycles. The van der Waals surface area contributed by atoms with Crippen molar-refractivity contribution in [3.63, 3.8) is 0 Å². The fourth-order valence-electron chi connectivity index (χ4n) is 1.76. The molecule has 0 spiro atoms. The Morgan fingerprint density at radius 1 is 1.10 bits per heavy atom. The van der Waals surface area contributed by atoms with Gasteiger partial charge >= 0.3 is 5.97 Å². The van der Waals surface area contributed by atoms with E-state index in [1.165, 1.54) is 18.2 Å². The number of carboxylic acid groups (broad SMARTS) is 1. The monoisotopic (exact) mass is 286 g/mol. The van der Waals surface area contributed by atoms with E-state index in [0.717, 1.165) is 5.56 Å². The van der Waals surface area contributed by atoms with Crippen molar-refractivity contribution in [2.24, 2.45) is 5.73 Å². The Morgan fingerprint density at radius 2 is 1.76 bits per heavy atom. The molecule has 5 N–H and O–H groups in total. The number of benzene rings is 2. The van der Waals surface area contributed by atoms with Crippen LogP contribution < -0.4 is 16.2 Å². The molecule has 6 nitrogen and oxygen atoms in total. The zero-order chi connectivity index (χ0) is 15.4. The highest BCUT2D eigenvalue weighted by Gasteiger charge is 2.11. The third-order valence-electron chi connectivity index (χ3n) is 2.87. The average Bonchev–Trinajstić information content (AvgIpc) is 2.45. The number of nitrogen functional groups attached to an aromatic ring is 1. The topological polar surface area (TPSA) is 116 Å². The minimum atomic E-state index is -1.09. The summed E-state index contributed by atoms with van der Waals surface area (Å²) in [7, 11) is 0. The van der Waals surface area contributed by atoms with Gasteiger partial charge in [-0.3, -0.25) is 4.79 Å². The summed E-state index contributed by atoms with van der Waals surface area (Å²) in [5, 5.41) is 9.08. The van der Waals surface area contributed by atoms with Crippen LogP contribution >= 0.6 is 0 Å². The molecular weight excluding hydrogens is 272 g/mol. The predicted octanol–water partition coefficient (Wildman–Crippen LogP) is 1.64. The van der Waals surface area contributed by atoms with Gasteiger partial charge in [0.25, 0.3) is 0 Å². The van der Waals surface area contributed by atoms with Crippen LogP contribution in [-0.4, -0.2) is 17.0 Å². The molecule has 2 aromatic carbocycles. The summed E-state index contributed by atoms with van der Waals surface area (Å²) in [6, 6.07) is 10.9. The summed E-state index contributed by atoms with van der Waals surface area (Å²) in [5.41, 5.74) is 12.4. The van der Waals surface area contributed by atoms with Crippen LogP contribution in [-0.2, 0) is 6.61 Å². The maximum Gasteiger partial charge on any atom is 0.339 e. The van der Waals surface area contributed by atoms with Gasteiger partial charge in [0, 0.05) is 17.3 Å². The van der Waals surface area contributed by atoms with Gasteiger partial charge in [-0.05, 0) is 29.8 Å². The molecule has 0 fully saturated rings. The molecule has 0 aliphatic rings. The van der Waals surface area contributed by atoms with Crippen LogP contribution in [0.15, 0.2) is 42.5 Å². The predicted molar refractivity (Wildman–Crippen MR) is 77.1 cm³/mol. The van der Waals surface area contributed by atoms with Crippen LogP contribution in [0.2, 0.25) is 0 Å². The first kappa shape index (κ1) is 14.4. The van der Waals surface area contributed by atoms with Crippen molar-refractivity contribution in [1.82, 2.24) is 0 Å². The van der Waals surface area contributed by atoms with Crippen LogP contribution in [0.4, 0.5) is 5.69 Å². The Labute approximate surface area is 120 Å². The van der Waals surface area contributed by atoms with Crippen LogP contribution in [0.25, 0.3) is 0 Å². The van der Waals surface area contributed by atoms with Crippen LogP contribution in [0.3, 0.4) is 0 Å². The van der Waals surface area contributed by atoms with Gasteiger partial charge in [-0.15, -0.1) is 0 Å². The number of anilines is 1. The quantitative estimate of drug-likeness (QED) is 0.723. The van der Waals surface area contributed by atoms with E-state index in [1.54, 1.807) is 24.3 Å². The molecule has 1 amide bonds. The second-order valence-electron chi connectivity index (χ2n) is 4.41. The molecule has 2 aromatic rings. The second-order valence-corrected chi connectivity index (χ2v) is 4.41. The SMILES string of the molecule is NC(=O)c1ccc(COc2cc(N)ccc2C(=O)O)cc1. The van der Waals surface area contributed by atoms with Crippen LogP contribution in [0.5, 0.6) is 5.75 Å². The zero-order valence-corrected chi connectivity index (χ0v) is 11.1. The lowest BCUT2D eigenvalue weighted by molar-refractivity contribution is 0.0691. The molecule has 0 aromatic heterocycles. The van der Waals surface area contributed by atoms with Crippen molar-refractivity contribution in [3.05, 3.63) is 59.2 Å². The van der Waals surface area contributed by atoms with Gasteiger partial charge in [0.1, 0.15) is 17.9 Å². The van der Waals surface area contributed by atoms with Crippen molar-refractivity contribution < 1.29 is 19.4 Å². The van der Waals surface area contributed by atoms with Gasteiger partial charge in [0.05, 0.1) is 0 Å². The minimum Gasteiger partial charge on any atom is -0.488 e. The highest BCUT2D eigenvalue weighted by Crippen LogP contribution is 2.23. The first-order valence-electron chi connectivity index (χ1n) is 6.11. The molecule has 2 rings (SSSR count). The Morgan fingerprint density at radius 3 is 2.33 bits per heavy atom. The third kappa shape index (κ3) is 3.50. The Bertz CT molecular complexity index is 681. The third-order valence-corrected chi connectivity index (χ3v) is 2.87. The van der Waals surface area contributed by atoms with Gasteiger partial charge in [-0.2, -0.15) is 0 Å². The maximum absolute atomic E-state index is 11.1. The smallest absolute Gasteiger partial charge is 0.339 e. The highest BCUT2D eigenvalue weighted by molar-refractivity contribution is 5.92. The Kier molecular flexibility index (Phi) is 4.08. The molecule has 0 saturated heterocycles. The molecule has 0 heterocycles. The molecular formula is C15H14N2O4. The van der Waals surface area contributed by atoms with E-state index >= 15 is 0 Å². The molecule has 108 valence electrons. The fraction of sp³-hybridized carbons (Fsp3) is 0.0667. The summed E-state index contributed by atoms with van der Waals surface area (Å²) in [4.78, 5) is 22.1. The van der Waals surface area contributed by atoms with Crippen molar-refractivity contribution in [2.75, 3.05) is 5.73 Å². The summed E-state index contributed by atoms with van der Waals surface area (Å²) < 4.78 is 5.49. The normalized spacial score (nSPS) is 10.1. The van der Waals surface area contributed by atoms with E-state index in [9.17, 15) is 9.59 Å². The van der Waals surface area contributed by atoms with Crippen LogP contribution in [0.1, 0.15) is 26.3 Å². The molecule has 0 bridgehead atoms. The first-order chi connectivity index (χ1) is 9.97. The van der Waals surface area contributed by atoms with Crippen molar-refractivity contribution in [2.45, 2.75) is 6.61 Å². The fourth-order valence-corrected chi connectivity index (χ4v) is 1.76. The van der Waals surface area contributed by atoms with E-state index in [4.69, 9.17) is 21.3 Å². The van der Waals surface area contributed by atoms with Crippen molar-refractivity contribution >= 4 is 17.6 Å². The number of carboxylic acids is 1. The summed E-state index contributed by atoms with van der Waals surface area (Å²) in [5.74, 6) is -1.40. The number of hydrogen-bond acceptors (Lipinski definition) is 4. The van der Waals surface area contributed by atoms with Gasteiger partial charge in [-0.1, -0.05) is 12.1 Å². The second kappa shape index (κ2) is 5.96. The first-order valence-corrected chi connectivity index (χ1v) is 6.11. The molecule has 6 heteroatoms. The molecule has 0 saturated carbocycles. The number of nitrogens with two attached hydrogens (primary N) is 2. The van der Waals surface area contributed by atoms with E-state index in [0.29, 0.717) is 11.3 Å². The Hall–Kier alpha value is -3.02. The maximum atomic E-state index is 11.1. The number of hydrogen-bond donors (Lipinski definition) is 3. The van der Waals surface area contributed by atoms with Gasteiger partial charge in [0.15, 0.2) is 0 Å². The molecule has 0 atom stereocenters. The van der Waals surface area contributed by atoms with E-state index in [-0.39, 0.29) is 17.9 Å². The summed E-state index contributed by atoms with van der Waals surface area (Å²) in [6.07, 6.45) is 0. The lowest BCUT2D eigenvalue weighted by Gasteiger charge is -2.10. The molecule has 21 heavy (non-hydrogen) atoms. The number of aromatic carboxylic acids is 1. The lowest BCUT2D eigenvalue weighted by atomic mass is 10.1. The van der Waals surface area contributed by atoms with Crippen molar-refractivity contribution in [3.8, 4) is 5.75 Å². The van der Waals surface area contributed by atoms with Crippen molar-refractivity contribution in [1.29, 1.82) is 0 Å².